The minimum absolute atomic E-state index is 0.0219. The Kier molecular flexibility index (Phi) is 4.55. The number of fused-ring (bicyclic) bond motifs is 1. The monoisotopic (exact) mass is 339 g/mol. The summed E-state index contributed by atoms with van der Waals surface area (Å²) in [4.78, 5) is 1.15. The molecule has 0 amide bonds. The van der Waals surface area contributed by atoms with Crippen LogP contribution in [0.4, 0.5) is 0 Å². The van der Waals surface area contributed by atoms with Crippen LogP contribution in [0.5, 0.6) is 0 Å². The van der Waals surface area contributed by atoms with E-state index in [1.165, 1.54) is 0 Å². The zero-order valence-electron chi connectivity index (χ0n) is 11.5. The van der Waals surface area contributed by atoms with Crippen LogP contribution in [-0.4, -0.2) is 6.54 Å². The van der Waals surface area contributed by atoms with Gasteiger partial charge in [-0.3, -0.25) is 0 Å². The van der Waals surface area contributed by atoms with Gasteiger partial charge in [0.05, 0.1) is 4.34 Å². The summed E-state index contributed by atoms with van der Waals surface area (Å²) in [7, 11) is 0. The van der Waals surface area contributed by atoms with Crippen molar-refractivity contribution in [2.45, 2.75) is 19.4 Å². The Morgan fingerprint density at radius 3 is 2.76 bits per heavy atom. The first-order chi connectivity index (χ1) is 10.2. The van der Waals surface area contributed by atoms with Crippen molar-refractivity contribution in [1.29, 1.82) is 0 Å². The van der Waals surface area contributed by atoms with E-state index >= 15 is 0 Å². The minimum atomic E-state index is 0.0219. The molecule has 3 aromatic rings. The summed E-state index contributed by atoms with van der Waals surface area (Å²) in [6.45, 7) is 3.06. The van der Waals surface area contributed by atoms with Gasteiger partial charge in [-0.15, -0.1) is 11.3 Å². The van der Waals surface area contributed by atoms with Gasteiger partial charge in [-0.25, -0.2) is 0 Å². The predicted molar refractivity (Wildman–Crippen MR) is 90.7 cm³/mol. The quantitative estimate of drug-likeness (QED) is 0.626. The van der Waals surface area contributed by atoms with Crippen molar-refractivity contribution >= 4 is 45.5 Å². The topological polar surface area (TPSA) is 25.2 Å². The molecule has 0 aliphatic heterocycles. The number of rotatable bonds is 5. The number of furan rings is 1. The standard InChI is InChI=1S/C16H15Cl2NOS/c1-2-7-19-16(14-5-6-15(18)21-14)13-9-10-8-11(17)3-4-12(10)20-13/h3-6,8-9,16,19H,2,7H2,1H3. The summed E-state index contributed by atoms with van der Waals surface area (Å²) in [5.74, 6) is 0.888. The van der Waals surface area contributed by atoms with Gasteiger partial charge >= 0.3 is 0 Å². The Morgan fingerprint density at radius 2 is 2.05 bits per heavy atom. The molecule has 0 bridgehead atoms. The highest BCUT2D eigenvalue weighted by atomic mass is 35.5. The summed E-state index contributed by atoms with van der Waals surface area (Å²) in [5.41, 5.74) is 0.848. The van der Waals surface area contributed by atoms with Crippen molar-refractivity contribution in [3.05, 3.63) is 56.4 Å². The van der Waals surface area contributed by atoms with E-state index in [0.29, 0.717) is 5.02 Å². The molecule has 0 radical (unpaired) electrons. The molecule has 2 heterocycles. The zero-order chi connectivity index (χ0) is 14.8. The molecule has 1 unspecified atom stereocenters. The molecule has 0 fully saturated rings. The maximum atomic E-state index is 6.07. The van der Waals surface area contributed by atoms with E-state index in [0.717, 1.165) is 38.9 Å². The highest BCUT2D eigenvalue weighted by molar-refractivity contribution is 7.16. The van der Waals surface area contributed by atoms with E-state index in [9.17, 15) is 0 Å². The third kappa shape index (κ3) is 3.27. The summed E-state index contributed by atoms with van der Waals surface area (Å²) < 4.78 is 6.77. The van der Waals surface area contributed by atoms with Gasteiger partial charge in [0.15, 0.2) is 0 Å². The summed E-state index contributed by atoms with van der Waals surface area (Å²) in [6, 6.07) is 11.7. The van der Waals surface area contributed by atoms with Crippen molar-refractivity contribution in [2.75, 3.05) is 6.54 Å². The van der Waals surface area contributed by atoms with Crippen LogP contribution in [0.1, 0.15) is 30.0 Å². The Bertz CT molecular complexity index is 750. The van der Waals surface area contributed by atoms with Gasteiger partial charge in [-0.05, 0) is 49.4 Å². The van der Waals surface area contributed by atoms with Crippen LogP contribution in [0.25, 0.3) is 11.0 Å². The number of nitrogens with one attached hydrogen (secondary N) is 1. The molecular weight excluding hydrogens is 325 g/mol. The number of hydrogen-bond donors (Lipinski definition) is 1. The fourth-order valence-electron chi connectivity index (χ4n) is 2.29. The van der Waals surface area contributed by atoms with Crippen LogP contribution >= 0.6 is 34.5 Å². The molecule has 1 atom stereocenters. The van der Waals surface area contributed by atoms with Crippen LogP contribution in [0, 0.1) is 0 Å². The third-order valence-corrected chi connectivity index (χ3v) is 4.79. The van der Waals surface area contributed by atoms with Crippen molar-refractivity contribution in [1.82, 2.24) is 5.32 Å². The summed E-state index contributed by atoms with van der Waals surface area (Å²) in [6.07, 6.45) is 1.06. The highest BCUT2D eigenvalue weighted by Crippen LogP contribution is 2.34. The fourth-order valence-corrected chi connectivity index (χ4v) is 3.62. The second kappa shape index (κ2) is 6.41. The maximum Gasteiger partial charge on any atom is 0.134 e. The van der Waals surface area contributed by atoms with Gasteiger partial charge in [-0.2, -0.15) is 0 Å². The smallest absolute Gasteiger partial charge is 0.134 e. The fraction of sp³-hybridized carbons (Fsp3) is 0.250. The Balaban J connectivity index is 2.00. The molecule has 2 aromatic heterocycles. The molecule has 0 aliphatic carbocycles. The third-order valence-electron chi connectivity index (χ3n) is 3.26. The van der Waals surface area contributed by atoms with Gasteiger partial charge in [0, 0.05) is 15.3 Å². The van der Waals surface area contributed by atoms with E-state index in [-0.39, 0.29) is 6.04 Å². The van der Waals surface area contributed by atoms with Crippen molar-refractivity contribution in [2.24, 2.45) is 0 Å². The molecule has 110 valence electrons. The molecule has 0 aliphatic rings. The summed E-state index contributed by atoms with van der Waals surface area (Å²) in [5, 5.41) is 5.25. The Labute approximate surface area is 137 Å². The molecule has 0 saturated carbocycles. The number of hydrogen-bond acceptors (Lipinski definition) is 3. The number of benzene rings is 1. The van der Waals surface area contributed by atoms with Gasteiger partial charge in [0.25, 0.3) is 0 Å². The predicted octanol–water partition coefficient (Wildman–Crippen LogP) is 5.89. The maximum absolute atomic E-state index is 6.07. The molecule has 0 spiro atoms. The van der Waals surface area contributed by atoms with Crippen LogP contribution in [-0.2, 0) is 0 Å². The van der Waals surface area contributed by atoms with E-state index in [2.05, 4.69) is 12.2 Å². The highest BCUT2D eigenvalue weighted by Gasteiger charge is 2.19. The lowest BCUT2D eigenvalue weighted by atomic mass is 10.1. The largest absolute Gasteiger partial charge is 0.459 e. The van der Waals surface area contributed by atoms with E-state index in [1.54, 1.807) is 11.3 Å². The first-order valence-corrected chi connectivity index (χ1v) is 8.42. The molecule has 5 heteroatoms. The minimum Gasteiger partial charge on any atom is -0.459 e. The zero-order valence-corrected chi connectivity index (χ0v) is 13.9. The van der Waals surface area contributed by atoms with Crippen molar-refractivity contribution in [3.8, 4) is 0 Å². The van der Waals surface area contributed by atoms with Gasteiger partial charge in [0.2, 0.25) is 0 Å². The van der Waals surface area contributed by atoms with Crippen LogP contribution < -0.4 is 5.32 Å². The van der Waals surface area contributed by atoms with Crippen molar-refractivity contribution < 1.29 is 4.42 Å². The molecule has 2 nitrogen and oxygen atoms in total. The van der Waals surface area contributed by atoms with Crippen molar-refractivity contribution in [3.63, 3.8) is 0 Å². The first kappa shape index (κ1) is 14.9. The first-order valence-electron chi connectivity index (χ1n) is 6.85. The summed E-state index contributed by atoms with van der Waals surface area (Å²) >= 11 is 13.7. The lowest BCUT2D eigenvalue weighted by Crippen LogP contribution is -2.21. The van der Waals surface area contributed by atoms with Gasteiger partial charge < -0.3 is 9.73 Å². The number of halogens is 2. The van der Waals surface area contributed by atoms with Gasteiger partial charge in [-0.1, -0.05) is 30.1 Å². The molecule has 1 aromatic carbocycles. The second-order valence-corrected chi connectivity index (χ2v) is 7.04. The van der Waals surface area contributed by atoms with Gasteiger partial charge in [0.1, 0.15) is 17.4 Å². The molecular formula is C16H15Cl2NOS. The lowest BCUT2D eigenvalue weighted by molar-refractivity contribution is 0.473. The number of thiophene rings is 1. The van der Waals surface area contributed by atoms with Crippen LogP contribution in [0.2, 0.25) is 9.36 Å². The molecule has 3 rings (SSSR count). The average molecular weight is 340 g/mol. The Morgan fingerprint density at radius 1 is 1.19 bits per heavy atom. The van der Waals surface area contributed by atoms with Crippen LogP contribution in [0.3, 0.4) is 0 Å². The van der Waals surface area contributed by atoms with Crippen LogP contribution in [0.15, 0.2) is 40.8 Å². The SMILES string of the molecule is CCCNC(c1cc2cc(Cl)ccc2o1)c1ccc(Cl)s1. The van der Waals surface area contributed by atoms with E-state index in [1.807, 2.05) is 36.4 Å². The van der Waals surface area contributed by atoms with E-state index in [4.69, 9.17) is 27.6 Å². The Hall–Kier alpha value is -1.000. The molecule has 0 saturated heterocycles. The molecule has 1 N–H and O–H groups in total. The molecule has 21 heavy (non-hydrogen) atoms. The normalized spacial score (nSPS) is 12.9. The average Bonchev–Trinajstić information content (AvgIpc) is 3.05. The lowest BCUT2D eigenvalue weighted by Gasteiger charge is -2.14. The second-order valence-electron chi connectivity index (χ2n) is 4.86. The van der Waals surface area contributed by atoms with E-state index < -0.39 is 0 Å².